The van der Waals surface area contributed by atoms with Crippen LogP contribution < -0.4 is 32.8 Å². The largest absolute Gasteiger partial charge is 0.334 e. The Morgan fingerprint density at radius 1 is 0.431 bits per heavy atom. The molecule has 0 spiro atoms. The molecule has 0 radical (unpaired) electrons. The Kier molecular flexibility index (Phi) is 44.9. The van der Waals surface area contributed by atoms with Crippen LogP contribution in [0.2, 0.25) is 0 Å². The number of rotatable bonds is 46. The average molecular weight is 822 g/mol. The van der Waals surface area contributed by atoms with Crippen LogP contribution in [0.5, 0.6) is 0 Å². The van der Waals surface area contributed by atoms with Gasteiger partial charge in [-0.15, -0.1) is 0 Å². The van der Waals surface area contributed by atoms with E-state index in [1.165, 1.54) is 159 Å². The van der Waals surface area contributed by atoms with Crippen molar-refractivity contribution in [1.82, 2.24) is 26.4 Å². The predicted molar refractivity (Wildman–Crippen MR) is 248 cm³/mol. The second-order valence-electron chi connectivity index (χ2n) is 17.1. The molecule has 10 nitrogen and oxygen atoms in total. The van der Waals surface area contributed by atoms with Gasteiger partial charge in [-0.2, -0.15) is 0 Å². The number of amides is 3. The lowest BCUT2D eigenvalue weighted by atomic mass is 10.0. The fourth-order valence-corrected chi connectivity index (χ4v) is 7.66. The number of carbonyl (C=O) groups is 3. The molecule has 0 aliphatic heterocycles. The summed E-state index contributed by atoms with van der Waals surface area (Å²) in [7, 11) is 0. The molecule has 0 aliphatic rings. The van der Waals surface area contributed by atoms with E-state index in [4.69, 9.17) is 11.5 Å². The maximum absolute atomic E-state index is 13.2. The van der Waals surface area contributed by atoms with E-state index in [0.717, 1.165) is 77.4 Å². The summed E-state index contributed by atoms with van der Waals surface area (Å²) in [6, 6.07) is 0. The molecule has 0 aromatic rings. The number of unbranched alkanes of at least 4 members (excludes halogenated alkanes) is 29. The number of nitrogens with one attached hydrogen (secondary N) is 4. The van der Waals surface area contributed by atoms with Crippen molar-refractivity contribution in [1.29, 1.82) is 0 Å². The van der Waals surface area contributed by atoms with E-state index in [1.54, 1.807) is 0 Å². The molecule has 0 heterocycles. The molecule has 0 aromatic heterocycles. The van der Waals surface area contributed by atoms with Gasteiger partial charge < -0.3 is 27.4 Å². The molecule has 0 fully saturated rings. The van der Waals surface area contributed by atoms with Crippen LogP contribution in [0, 0.1) is 0 Å². The number of nitrogens with zero attached hydrogens (tertiary/aromatic N) is 1. The Labute approximate surface area is 359 Å². The quantitative estimate of drug-likeness (QED) is 0.0203. The first-order valence-electron chi connectivity index (χ1n) is 25.2. The summed E-state index contributed by atoms with van der Waals surface area (Å²) in [4.78, 5) is 39.3. The first kappa shape index (κ1) is 56.2. The van der Waals surface area contributed by atoms with Crippen LogP contribution in [-0.4, -0.2) is 68.2 Å². The fourth-order valence-electron chi connectivity index (χ4n) is 7.66. The van der Waals surface area contributed by atoms with Gasteiger partial charge in [-0.3, -0.25) is 19.8 Å². The van der Waals surface area contributed by atoms with Gasteiger partial charge in [-0.25, -0.2) is 5.01 Å². The lowest BCUT2D eigenvalue weighted by molar-refractivity contribution is -0.146. The lowest BCUT2D eigenvalue weighted by Gasteiger charge is -2.32. The van der Waals surface area contributed by atoms with Gasteiger partial charge in [0.15, 0.2) is 0 Å². The first-order chi connectivity index (χ1) is 28.5. The van der Waals surface area contributed by atoms with E-state index in [0.29, 0.717) is 32.4 Å². The molecule has 0 saturated carbocycles. The Balaban J connectivity index is 4.60. The summed E-state index contributed by atoms with van der Waals surface area (Å²) in [5.74, 6) is -0.686. The van der Waals surface area contributed by atoms with E-state index in [9.17, 15) is 14.4 Å². The minimum atomic E-state index is -0.657. The summed E-state index contributed by atoms with van der Waals surface area (Å²) in [6.45, 7) is 8.36. The van der Waals surface area contributed by atoms with Crippen LogP contribution in [0.4, 0.5) is 0 Å². The topological polar surface area (TPSA) is 155 Å². The number of carbonyl (C=O) groups excluding carboxylic acids is 3. The molecule has 0 bridgehead atoms. The second kappa shape index (κ2) is 46.3. The van der Waals surface area contributed by atoms with Gasteiger partial charge in [0.1, 0.15) is 6.17 Å². The maximum atomic E-state index is 13.2. The molecule has 344 valence electrons. The lowest BCUT2D eigenvalue weighted by Crippen LogP contribution is -2.60. The first-order valence-corrected chi connectivity index (χ1v) is 25.2. The van der Waals surface area contributed by atoms with Gasteiger partial charge in [0.05, 0.1) is 6.54 Å². The van der Waals surface area contributed by atoms with Gasteiger partial charge in [0.2, 0.25) is 11.8 Å². The summed E-state index contributed by atoms with van der Waals surface area (Å²) < 4.78 is 0. The summed E-state index contributed by atoms with van der Waals surface area (Å²) in [5.41, 5.74) is 14.2. The van der Waals surface area contributed by atoms with Crippen molar-refractivity contribution in [3.63, 3.8) is 0 Å². The Morgan fingerprint density at radius 3 is 1.16 bits per heavy atom. The van der Waals surface area contributed by atoms with Crippen molar-refractivity contribution in [2.75, 3.05) is 39.3 Å². The van der Waals surface area contributed by atoms with Crippen molar-refractivity contribution >= 4 is 17.7 Å². The van der Waals surface area contributed by atoms with Crippen LogP contribution in [0.15, 0.2) is 0 Å². The van der Waals surface area contributed by atoms with Crippen LogP contribution in [-0.2, 0) is 14.4 Å². The van der Waals surface area contributed by atoms with E-state index >= 15 is 0 Å². The Morgan fingerprint density at radius 2 is 0.776 bits per heavy atom. The van der Waals surface area contributed by atoms with Crippen molar-refractivity contribution in [2.24, 2.45) is 11.5 Å². The Bertz CT molecular complexity index is 893. The molecule has 0 aliphatic carbocycles. The molecule has 1 atom stereocenters. The van der Waals surface area contributed by atoms with E-state index in [2.05, 4.69) is 35.2 Å². The predicted octanol–water partition coefficient (Wildman–Crippen LogP) is 10.5. The van der Waals surface area contributed by atoms with Crippen molar-refractivity contribution in [3.05, 3.63) is 0 Å². The van der Waals surface area contributed by atoms with Crippen LogP contribution in [0.25, 0.3) is 0 Å². The smallest absolute Gasteiger partial charge is 0.256 e. The molecule has 58 heavy (non-hydrogen) atoms. The van der Waals surface area contributed by atoms with E-state index in [-0.39, 0.29) is 18.4 Å². The zero-order valence-corrected chi connectivity index (χ0v) is 38.6. The van der Waals surface area contributed by atoms with Gasteiger partial charge in [-0.1, -0.05) is 194 Å². The third-order valence-corrected chi connectivity index (χ3v) is 11.5. The molecular formula is C48H99N7O3. The third-order valence-electron chi connectivity index (χ3n) is 11.5. The standard InChI is InChI=1S/C48H99N7O3/c1-3-5-7-9-11-13-15-17-19-21-23-25-27-29-31-36-46(56)53-45(38-43-52-41-34-33-40-51-42-35-39-49)55(48(58)44-50)54-47(57)37-32-30-28-26-24-22-20-18-16-14-12-10-8-6-4-2/h45,51-52H,3-44,49-50H2,1-2H3,(H,53,56)(H,54,57). The van der Waals surface area contributed by atoms with Crippen molar-refractivity contribution < 1.29 is 14.4 Å². The van der Waals surface area contributed by atoms with E-state index in [1.807, 2.05) is 0 Å². The minimum Gasteiger partial charge on any atom is -0.334 e. The van der Waals surface area contributed by atoms with Crippen LogP contribution in [0.3, 0.4) is 0 Å². The highest BCUT2D eigenvalue weighted by molar-refractivity contribution is 5.84. The zero-order valence-electron chi connectivity index (χ0n) is 38.6. The van der Waals surface area contributed by atoms with E-state index < -0.39 is 12.1 Å². The fraction of sp³-hybridized carbons (Fsp3) is 0.938. The second-order valence-corrected chi connectivity index (χ2v) is 17.1. The normalized spacial score (nSPS) is 11.9. The van der Waals surface area contributed by atoms with Crippen molar-refractivity contribution in [2.45, 2.75) is 251 Å². The summed E-state index contributed by atoms with van der Waals surface area (Å²) in [5, 5.41) is 11.2. The van der Waals surface area contributed by atoms with Gasteiger partial charge >= 0.3 is 0 Å². The van der Waals surface area contributed by atoms with Gasteiger partial charge in [-0.05, 0) is 64.8 Å². The monoisotopic (exact) mass is 822 g/mol. The zero-order chi connectivity index (χ0) is 42.4. The number of hydrogen-bond acceptors (Lipinski definition) is 7. The molecule has 0 saturated heterocycles. The highest BCUT2D eigenvalue weighted by Crippen LogP contribution is 2.16. The molecule has 8 N–H and O–H groups in total. The average Bonchev–Trinajstić information content (AvgIpc) is 3.22. The van der Waals surface area contributed by atoms with Gasteiger partial charge in [0.25, 0.3) is 5.91 Å². The summed E-state index contributed by atoms with van der Waals surface area (Å²) in [6.07, 6.45) is 41.9. The number of nitrogens with two attached hydrogens (primary N) is 2. The molecule has 3 amide bonds. The minimum absolute atomic E-state index is 0.0882. The number of hydrazine groups is 1. The molecule has 0 rings (SSSR count). The molecule has 10 heteroatoms. The molecular weight excluding hydrogens is 723 g/mol. The highest BCUT2D eigenvalue weighted by atomic mass is 16.2. The SMILES string of the molecule is CCCCCCCCCCCCCCCCCC(=O)NC(CCNCCCCNCCCN)N(NC(=O)CCCCCCCCCCCCCCCCC)C(=O)CN. The van der Waals surface area contributed by atoms with Crippen LogP contribution in [0.1, 0.15) is 245 Å². The number of hydrogen-bond donors (Lipinski definition) is 6. The third kappa shape index (κ3) is 39.7. The van der Waals surface area contributed by atoms with Gasteiger partial charge in [0, 0.05) is 19.3 Å². The highest BCUT2D eigenvalue weighted by Gasteiger charge is 2.26. The summed E-state index contributed by atoms with van der Waals surface area (Å²) >= 11 is 0. The maximum Gasteiger partial charge on any atom is 0.256 e. The molecule has 0 aromatic carbocycles. The Hall–Kier alpha value is -1.75. The van der Waals surface area contributed by atoms with Crippen molar-refractivity contribution in [3.8, 4) is 0 Å². The van der Waals surface area contributed by atoms with Crippen LogP contribution >= 0.6 is 0 Å². The molecule has 1 unspecified atom stereocenters.